The van der Waals surface area contributed by atoms with Gasteiger partial charge in [-0.25, -0.2) is 0 Å². The highest BCUT2D eigenvalue weighted by Crippen LogP contribution is 1.82. The minimum Gasteiger partial charge on any atom is -0.385 e. The molecule has 0 aliphatic carbocycles. The van der Waals surface area contributed by atoms with Crippen molar-refractivity contribution in [2.45, 2.75) is 13.0 Å². The van der Waals surface area contributed by atoms with Crippen LogP contribution >= 0.6 is 0 Å². The monoisotopic (exact) mass is 130 g/mol. The first kappa shape index (κ1) is 7.97. The number of Topliss-reactive ketones (excluding diaryl/α,β-unsaturated/α-hetero) is 2. The fourth-order valence-electron chi connectivity index (χ4n) is 0.264. The van der Waals surface area contributed by atoms with Crippen LogP contribution in [0.3, 0.4) is 0 Å². The lowest BCUT2D eigenvalue weighted by Crippen LogP contribution is -2.26. The number of ketones is 2. The molecule has 0 aromatic rings. The molecule has 9 heavy (non-hydrogen) atoms. The summed E-state index contributed by atoms with van der Waals surface area (Å²) in [5.74, 6) is -2.25. The second-order valence-corrected chi connectivity index (χ2v) is 1.52. The Morgan fingerprint density at radius 3 is 2.11 bits per heavy atom. The molecule has 0 aromatic heterocycles. The molecule has 0 saturated carbocycles. The van der Waals surface area contributed by atoms with Gasteiger partial charge in [0.2, 0.25) is 5.78 Å². The molecule has 1 N–H and O–H groups in total. The number of hydrogen-bond acceptors (Lipinski definition) is 4. The maximum absolute atomic E-state index is 10.2. The molecule has 0 radical (unpaired) electrons. The number of aliphatic hydroxyl groups is 1. The Hall–Kier alpha value is -1.03. The van der Waals surface area contributed by atoms with E-state index in [9.17, 15) is 14.4 Å². The molecule has 4 nitrogen and oxygen atoms in total. The van der Waals surface area contributed by atoms with E-state index in [2.05, 4.69) is 0 Å². The standard InChI is InChI=1S/C5H6O4/c1-3(7)5(9)4(8)2-6/h2-3,7H,1H3. The first-order valence-electron chi connectivity index (χ1n) is 2.31. The number of carbonyl (C=O) groups is 3. The SMILES string of the molecule is CC(O)C(=O)C(=O)C=O. The smallest absolute Gasteiger partial charge is 0.263 e. The minimum absolute atomic E-state index is 0.116. The zero-order chi connectivity index (χ0) is 7.44. The van der Waals surface area contributed by atoms with Crippen LogP contribution in [0.1, 0.15) is 6.92 Å². The van der Waals surface area contributed by atoms with Crippen LogP contribution in [0.5, 0.6) is 0 Å². The van der Waals surface area contributed by atoms with Crippen molar-refractivity contribution in [2.24, 2.45) is 0 Å². The first-order valence-corrected chi connectivity index (χ1v) is 2.31. The second kappa shape index (κ2) is 3.09. The summed E-state index contributed by atoms with van der Waals surface area (Å²) < 4.78 is 0. The summed E-state index contributed by atoms with van der Waals surface area (Å²) in [7, 11) is 0. The third kappa shape index (κ3) is 2.14. The van der Waals surface area contributed by atoms with Gasteiger partial charge in [0.05, 0.1) is 0 Å². The Bertz CT molecular complexity index is 147. The minimum atomic E-state index is -1.37. The molecule has 1 atom stereocenters. The van der Waals surface area contributed by atoms with Crippen LogP contribution < -0.4 is 0 Å². The largest absolute Gasteiger partial charge is 0.385 e. The van der Waals surface area contributed by atoms with Crippen LogP contribution in [0.2, 0.25) is 0 Å². The van der Waals surface area contributed by atoms with Crippen LogP contribution in [0.15, 0.2) is 0 Å². The molecule has 0 heterocycles. The van der Waals surface area contributed by atoms with Gasteiger partial charge in [-0.15, -0.1) is 0 Å². The zero-order valence-electron chi connectivity index (χ0n) is 4.83. The van der Waals surface area contributed by atoms with E-state index in [4.69, 9.17) is 5.11 Å². The highest BCUT2D eigenvalue weighted by atomic mass is 16.3. The molecule has 0 aliphatic rings. The summed E-state index contributed by atoms with van der Waals surface area (Å²) in [6, 6.07) is 0. The lowest BCUT2D eigenvalue weighted by Gasteiger charge is -1.94. The molecule has 0 aliphatic heterocycles. The van der Waals surface area contributed by atoms with Gasteiger partial charge >= 0.3 is 0 Å². The molecule has 1 unspecified atom stereocenters. The van der Waals surface area contributed by atoms with Gasteiger partial charge in [-0.05, 0) is 6.92 Å². The number of hydrogen-bond donors (Lipinski definition) is 1. The van der Waals surface area contributed by atoms with Gasteiger partial charge in [0.15, 0.2) is 6.29 Å². The topological polar surface area (TPSA) is 71.4 Å². The zero-order valence-corrected chi connectivity index (χ0v) is 4.83. The molecule has 0 aromatic carbocycles. The Balaban J connectivity index is 4.04. The molecule has 0 fully saturated rings. The molecule has 4 heteroatoms. The normalized spacial score (nSPS) is 12.2. The van der Waals surface area contributed by atoms with Gasteiger partial charge in [-0.2, -0.15) is 0 Å². The Morgan fingerprint density at radius 1 is 1.56 bits per heavy atom. The van der Waals surface area contributed by atoms with Crippen molar-refractivity contribution in [3.8, 4) is 0 Å². The second-order valence-electron chi connectivity index (χ2n) is 1.52. The highest BCUT2D eigenvalue weighted by Gasteiger charge is 2.17. The number of carbonyl (C=O) groups excluding carboxylic acids is 3. The van der Waals surface area contributed by atoms with E-state index in [1.54, 1.807) is 0 Å². The van der Waals surface area contributed by atoms with Gasteiger partial charge in [0, 0.05) is 0 Å². The van der Waals surface area contributed by atoms with Crippen molar-refractivity contribution >= 4 is 17.9 Å². The van der Waals surface area contributed by atoms with Crippen LogP contribution in [0.4, 0.5) is 0 Å². The lowest BCUT2D eigenvalue weighted by atomic mass is 10.2. The van der Waals surface area contributed by atoms with Crippen molar-refractivity contribution in [1.82, 2.24) is 0 Å². The summed E-state index contributed by atoms with van der Waals surface area (Å²) in [6.45, 7) is 1.13. The molecule has 0 bridgehead atoms. The van der Waals surface area contributed by atoms with Gasteiger partial charge < -0.3 is 5.11 Å². The molecule has 50 valence electrons. The molecular weight excluding hydrogens is 124 g/mol. The fraction of sp³-hybridized carbons (Fsp3) is 0.400. The first-order chi connectivity index (χ1) is 4.09. The maximum Gasteiger partial charge on any atom is 0.263 e. The van der Waals surface area contributed by atoms with Crippen molar-refractivity contribution in [2.75, 3.05) is 0 Å². The average molecular weight is 130 g/mol. The number of aldehydes is 1. The van der Waals surface area contributed by atoms with Crippen molar-refractivity contribution in [1.29, 1.82) is 0 Å². The summed E-state index contributed by atoms with van der Waals surface area (Å²) in [5.41, 5.74) is 0. The van der Waals surface area contributed by atoms with Crippen molar-refractivity contribution in [3.63, 3.8) is 0 Å². The molecule has 0 spiro atoms. The fourth-order valence-corrected chi connectivity index (χ4v) is 0.264. The third-order valence-corrected chi connectivity index (χ3v) is 0.729. The average Bonchev–Trinajstić information content (AvgIpc) is 1.84. The van der Waals surface area contributed by atoms with Crippen LogP contribution in [-0.2, 0) is 14.4 Å². The predicted octanol–water partition coefficient (Wildman–Crippen LogP) is -1.30. The Kier molecular flexibility index (Phi) is 2.73. The van der Waals surface area contributed by atoms with Gasteiger partial charge in [0.25, 0.3) is 5.78 Å². The Labute approximate surface area is 51.5 Å². The van der Waals surface area contributed by atoms with Gasteiger partial charge in [-0.1, -0.05) is 0 Å². The van der Waals surface area contributed by atoms with E-state index in [0.29, 0.717) is 0 Å². The summed E-state index contributed by atoms with van der Waals surface area (Å²) >= 11 is 0. The third-order valence-electron chi connectivity index (χ3n) is 0.729. The molecule has 0 amide bonds. The predicted molar refractivity (Wildman–Crippen MR) is 27.8 cm³/mol. The van der Waals surface area contributed by atoms with E-state index in [1.165, 1.54) is 0 Å². The van der Waals surface area contributed by atoms with Crippen LogP contribution in [0, 0.1) is 0 Å². The molecular formula is C5H6O4. The molecule has 0 rings (SSSR count). The number of rotatable bonds is 3. The lowest BCUT2D eigenvalue weighted by molar-refractivity contribution is -0.143. The van der Waals surface area contributed by atoms with E-state index in [0.717, 1.165) is 6.92 Å². The maximum atomic E-state index is 10.2. The van der Waals surface area contributed by atoms with Crippen LogP contribution in [0.25, 0.3) is 0 Å². The Morgan fingerprint density at radius 2 is 2.00 bits per heavy atom. The number of aliphatic hydroxyl groups excluding tert-OH is 1. The van der Waals surface area contributed by atoms with Gasteiger partial charge in [-0.3, -0.25) is 14.4 Å². The summed E-state index contributed by atoms with van der Waals surface area (Å²) in [6.07, 6.45) is -1.49. The summed E-state index contributed by atoms with van der Waals surface area (Å²) in [5, 5.41) is 8.39. The van der Waals surface area contributed by atoms with E-state index < -0.39 is 17.7 Å². The van der Waals surface area contributed by atoms with Crippen LogP contribution in [-0.4, -0.2) is 29.1 Å². The molecule has 0 saturated heterocycles. The summed E-state index contributed by atoms with van der Waals surface area (Å²) in [4.78, 5) is 29.9. The van der Waals surface area contributed by atoms with E-state index in [1.807, 2.05) is 0 Å². The van der Waals surface area contributed by atoms with Gasteiger partial charge in [0.1, 0.15) is 6.10 Å². The van der Waals surface area contributed by atoms with E-state index >= 15 is 0 Å². The van der Waals surface area contributed by atoms with Crippen molar-refractivity contribution in [3.05, 3.63) is 0 Å². The van der Waals surface area contributed by atoms with Crippen molar-refractivity contribution < 1.29 is 19.5 Å². The quantitative estimate of drug-likeness (QED) is 0.293. The highest BCUT2D eigenvalue weighted by molar-refractivity contribution is 6.58. The van der Waals surface area contributed by atoms with E-state index in [-0.39, 0.29) is 6.29 Å².